The van der Waals surface area contributed by atoms with Crippen LogP contribution in [-0.4, -0.2) is 11.7 Å². The van der Waals surface area contributed by atoms with Crippen LogP contribution in [0.25, 0.3) is 0 Å². The number of rotatable bonds is 4. The summed E-state index contributed by atoms with van der Waals surface area (Å²) >= 11 is 7.67. The first kappa shape index (κ1) is 14.9. The van der Waals surface area contributed by atoms with Gasteiger partial charge in [-0.3, -0.25) is 0 Å². The van der Waals surface area contributed by atoms with Crippen LogP contribution in [0.5, 0.6) is 5.75 Å². The maximum absolute atomic E-state index is 8.68. The number of benzene rings is 1. The Labute approximate surface area is 128 Å². The number of hydrogen-bond acceptors (Lipinski definition) is 3. The van der Waals surface area contributed by atoms with Gasteiger partial charge < -0.3 is 9.84 Å². The van der Waals surface area contributed by atoms with E-state index in [2.05, 4.69) is 11.8 Å². The summed E-state index contributed by atoms with van der Waals surface area (Å²) in [6.45, 7) is 2.58. The molecule has 1 N–H and O–H groups in total. The minimum Gasteiger partial charge on any atom is -0.486 e. The van der Waals surface area contributed by atoms with E-state index in [-0.39, 0.29) is 6.61 Å². The van der Waals surface area contributed by atoms with Crippen molar-refractivity contribution in [2.75, 3.05) is 6.61 Å². The van der Waals surface area contributed by atoms with Crippen molar-refractivity contribution in [3.05, 3.63) is 50.7 Å². The molecule has 0 amide bonds. The molecule has 1 aromatic carbocycles. The van der Waals surface area contributed by atoms with E-state index in [1.165, 1.54) is 0 Å². The van der Waals surface area contributed by atoms with Gasteiger partial charge in [0, 0.05) is 11.3 Å². The standard InChI is InChI=1S/C16H15ClO2S/c1-12-5-8-15(17)16(10-12)19-11-14-7-6-13(20-14)4-2-3-9-18/h5-8,10,18H,3,9,11H2,1H3. The number of halogens is 1. The summed E-state index contributed by atoms with van der Waals surface area (Å²) in [6, 6.07) is 9.68. The molecule has 0 aliphatic carbocycles. The maximum Gasteiger partial charge on any atom is 0.138 e. The Morgan fingerprint density at radius 3 is 2.95 bits per heavy atom. The normalized spacial score (nSPS) is 9.95. The van der Waals surface area contributed by atoms with Crippen LogP contribution in [0, 0.1) is 18.8 Å². The van der Waals surface area contributed by atoms with Crippen molar-refractivity contribution < 1.29 is 9.84 Å². The third-order valence-corrected chi connectivity index (χ3v) is 3.85. The first-order valence-electron chi connectivity index (χ1n) is 6.26. The molecular formula is C16H15ClO2S. The Morgan fingerprint density at radius 2 is 2.15 bits per heavy atom. The Morgan fingerprint density at radius 1 is 1.30 bits per heavy atom. The molecule has 1 heterocycles. The lowest BCUT2D eigenvalue weighted by molar-refractivity contribution is 0.305. The van der Waals surface area contributed by atoms with Gasteiger partial charge in [0.1, 0.15) is 12.4 Å². The fraction of sp³-hybridized carbons (Fsp3) is 0.250. The summed E-state index contributed by atoms with van der Waals surface area (Å²) in [7, 11) is 0. The molecule has 0 aliphatic rings. The van der Waals surface area contributed by atoms with Gasteiger partial charge in [-0.15, -0.1) is 11.3 Å². The quantitative estimate of drug-likeness (QED) is 0.864. The number of thiophene rings is 1. The van der Waals surface area contributed by atoms with Crippen LogP contribution < -0.4 is 4.74 Å². The average Bonchev–Trinajstić information content (AvgIpc) is 2.88. The van der Waals surface area contributed by atoms with Crippen LogP contribution in [0.2, 0.25) is 5.02 Å². The van der Waals surface area contributed by atoms with Crippen LogP contribution in [-0.2, 0) is 6.61 Å². The van der Waals surface area contributed by atoms with E-state index in [0.717, 1.165) is 15.3 Å². The first-order valence-corrected chi connectivity index (χ1v) is 7.46. The molecular weight excluding hydrogens is 292 g/mol. The summed E-state index contributed by atoms with van der Waals surface area (Å²) in [5.74, 6) is 6.62. The fourth-order valence-electron chi connectivity index (χ4n) is 1.60. The van der Waals surface area contributed by atoms with Crippen LogP contribution in [0.3, 0.4) is 0 Å². The van der Waals surface area contributed by atoms with E-state index in [1.54, 1.807) is 11.3 Å². The molecule has 4 heteroatoms. The largest absolute Gasteiger partial charge is 0.486 e. The summed E-state index contributed by atoms with van der Waals surface area (Å²) in [4.78, 5) is 2.07. The van der Waals surface area contributed by atoms with Gasteiger partial charge in [-0.25, -0.2) is 0 Å². The smallest absolute Gasteiger partial charge is 0.138 e. The van der Waals surface area contributed by atoms with Gasteiger partial charge in [0.05, 0.1) is 16.5 Å². The third kappa shape index (κ3) is 4.28. The van der Waals surface area contributed by atoms with Gasteiger partial charge in [-0.1, -0.05) is 29.5 Å². The molecule has 2 aromatic rings. The van der Waals surface area contributed by atoms with Crippen molar-refractivity contribution in [3.63, 3.8) is 0 Å². The predicted molar refractivity (Wildman–Crippen MR) is 83.4 cm³/mol. The monoisotopic (exact) mass is 306 g/mol. The van der Waals surface area contributed by atoms with Gasteiger partial charge in [0.25, 0.3) is 0 Å². The zero-order chi connectivity index (χ0) is 14.4. The minimum absolute atomic E-state index is 0.0974. The van der Waals surface area contributed by atoms with Crippen molar-refractivity contribution >= 4 is 22.9 Å². The minimum atomic E-state index is 0.0974. The number of ether oxygens (including phenoxy) is 1. The fourth-order valence-corrected chi connectivity index (χ4v) is 2.57. The number of aryl methyl sites for hydroxylation is 1. The number of aliphatic hydroxyl groups excluding tert-OH is 1. The molecule has 20 heavy (non-hydrogen) atoms. The molecule has 1 aromatic heterocycles. The SMILES string of the molecule is Cc1ccc(Cl)c(OCc2ccc(C#CCCO)s2)c1. The second kappa shape index (κ2) is 7.35. The van der Waals surface area contributed by atoms with Crippen LogP contribution in [0.1, 0.15) is 21.7 Å². The van der Waals surface area contributed by atoms with Gasteiger partial charge in [0.15, 0.2) is 0 Å². The topological polar surface area (TPSA) is 29.5 Å². The molecule has 2 rings (SSSR count). The second-order valence-corrected chi connectivity index (χ2v) is 5.84. The summed E-state index contributed by atoms with van der Waals surface area (Å²) in [5, 5.41) is 9.30. The van der Waals surface area contributed by atoms with E-state index < -0.39 is 0 Å². The first-order chi connectivity index (χ1) is 9.69. The van der Waals surface area contributed by atoms with Crippen molar-refractivity contribution in [1.82, 2.24) is 0 Å². The number of aliphatic hydroxyl groups is 1. The Balaban J connectivity index is 1.98. The molecule has 0 bridgehead atoms. The van der Waals surface area contributed by atoms with Gasteiger partial charge in [-0.05, 0) is 36.8 Å². The predicted octanol–water partition coefficient (Wildman–Crippen LogP) is 4.02. The molecule has 0 saturated carbocycles. The molecule has 0 saturated heterocycles. The van der Waals surface area contributed by atoms with Gasteiger partial charge in [0.2, 0.25) is 0 Å². The highest BCUT2D eigenvalue weighted by Gasteiger charge is 2.04. The van der Waals surface area contributed by atoms with Crippen LogP contribution >= 0.6 is 22.9 Å². The van der Waals surface area contributed by atoms with Gasteiger partial charge in [-0.2, -0.15) is 0 Å². The molecule has 0 atom stereocenters. The lowest BCUT2D eigenvalue weighted by Crippen LogP contribution is -1.93. The van der Waals surface area contributed by atoms with Crippen molar-refractivity contribution in [2.24, 2.45) is 0 Å². The van der Waals surface area contributed by atoms with Crippen LogP contribution in [0.4, 0.5) is 0 Å². The van der Waals surface area contributed by atoms with Crippen LogP contribution in [0.15, 0.2) is 30.3 Å². The summed E-state index contributed by atoms with van der Waals surface area (Å²) in [5.41, 5.74) is 1.12. The molecule has 104 valence electrons. The molecule has 0 aliphatic heterocycles. The van der Waals surface area contributed by atoms with E-state index in [4.69, 9.17) is 21.4 Å². The van der Waals surface area contributed by atoms with E-state index in [1.807, 2.05) is 37.3 Å². The lowest BCUT2D eigenvalue weighted by Gasteiger charge is -2.07. The summed E-state index contributed by atoms with van der Waals surface area (Å²) < 4.78 is 5.73. The molecule has 0 unspecified atom stereocenters. The Kier molecular flexibility index (Phi) is 5.49. The highest BCUT2D eigenvalue weighted by Crippen LogP contribution is 2.27. The molecule has 0 radical (unpaired) electrons. The summed E-state index contributed by atoms with van der Waals surface area (Å²) in [6.07, 6.45) is 0.503. The Hall–Kier alpha value is -1.47. The second-order valence-electron chi connectivity index (χ2n) is 4.26. The van der Waals surface area contributed by atoms with E-state index >= 15 is 0 Å². The molecule has 0 fully saturated rings. The maximum atomic E-state index is 8.68. The number of hydrogen-bond donors (Lipinski definition) is 1. The molecule has 2 nitrogen and oxygen atoms in total. The van der Waals surface area contributed by atoms with Crippen molar-refractivity contribution in [1.29, 1.82) is 0 Å². The zero-order valence-electron chi connectivity index (χ0n) is 11.1. The highest BCUT2D eigenvalue weighted by molar-refractivity contribution is 7.12. The lowest BCUT2D eigenvalue weighted by atomic mass is 10.2. The highest BCUT2D eigenvalue weighted by atomic mass is 35.5. The molecule has 0 spiro atoms. The zero-order valence-corrected chi connectivity index (χ0v) is 12.7. The van der Waals surface area contributed by atoms with Crippen molar-refractivity contribution in [3.8, 4) is 17.6 Å². The Bertz CT molecular complexity index is 637. The van der Waals surface area contributed by atoms with Gasteiger partial charge >= 0.3 is 0 Å². The third-order valence-electron chi connectivity index (χ3n) is 2.57. The van der Waals surface area contributed by atoms with E-state index in [0.29, 0.717) is 23.8 Å². The van der Waals surface area contributed by atoms with E-state index in [9.17, 15) is 0 Å². The average molecular weight is 307 g/mol. The van der Waals surface area contributed by atoms with Crippen molar-refractivity contribution in [2.45, 2.75) is 20.0 Å².